The molecule has 4 aromatic rings. The molecule has 6 nitrogen and oxygen atoms in total. The van der Waals surface area contributed by atoms with Crippen molar-refractivity contribution in [3.8, 4) is 45.4 Å². The van der Waals surface area contributed by atoms with Crippen molar-refractivity contribution in [1.29, 1.82) is 0 Å². The maximum absolute atomic E-state index is 7.04. The van der Waals surface area contributed by atoms with Crippen molar-refractivity contribution in [2.24, 2.45) is 0 Å². The molecule has 0 radical (unpaired) electrons. The number of ether oxygens (including phenoxy) is 2. The van der Waals surface area contributed by atoms with Gasteiger partial charge >= 0.3 is 0 Å². The second-order valence-electron chi connectivity index (χ2n) is 10.2. The van der Waals surface area contributed by atoms with Gasteiger partial charge in [0.25, 0.3) is 0 Å². The van der Waals surface area contributed by atoms with Crippen LogP contribution in [0.5, 0.6) is 11.8 Å². The molecule has 0 saturated carbocycles. The molecule has 2 aromatic heterocycles. The fraction of sp³-hybridized carbons (Fsp3) is 0.312. The van der Waals surface area contributed by atoms with Crippen molar-refractivity contribution >= 4 is 23.2 Å². The van der Waals surface area contributed by atoms with E-state index in [-0.39, 0.29) is 12.1 Å². The van der Waals surface area contributed by atoms with Gasteiger partial charge in [0.05, 0.1) is 35.7 Å². The number of pyridine rings is 2. The van der Waals surface area contributed by atoms with E-state index in [1.807, 2.05) is 88.9 Å². The largest absolute Gasteiger partial charge is 0.481 e. The van der Waals surface area contributed by atoms with Crippen LogP contribution in [0.2, 0.25) is 10.0 Å². The van der Waals surface area contributed by atoms with Crippen molar-refractivity contribution in [3.63, 3.8) is 0 Å². The second kappa shape index (κ2) is 12.6. The molecule has 210 valence electrons. The van der Waals surface area contributed by atoms with E-state index in [0.29, 0.717) is 21.8 Å². The average molecular weight is 580 g/mol. The highest BCUT2D eigenvalue weighted by atomic mass is 35.5. The zero-order valence-corrected chi connectivity index (χ0v) is 25.8. The number of methoxy groups -OCH3 is 2. The lowest BCUT2D eigenvalue weighted by Crippen LogP contribution is -2.17. The standard InChI is InChI=1S/C32H36Cl2N4O2/c1-19(37(3)4)21-15-17-27(35-31(21)39-7)25-13-9-11-23(29(25)33)24-12-10-14-26(30(24)34)28-18-16-22(20(2)38(5)6)32(36-28)40-8/h9-20H,1-8H3/t19-,20-/m0/s1. The highest BCUT2D eigenvalue weighted by Gasteiger charge is 2.21. The molecule has 2 aromatic carbocycles. The van der Waals surface area contributed by atoms with Crippen LogP contribution < -0.4 is 9.47 Å². The smallest absolute Gasteiger partial charge is 0.218 e. The molecule has 0 aliphatic carbocycles. The summed E-state index contributed by atoms with van der Waals surface area (Å²) in [5.41, 5.74) is 6.67. The Hall–Kier alpha value is -3.16. The molecular formula is C32H36Cl2N4O2. The molecule has 4 rings (SSSR count). The predicted molar refractivity (Wildman–Crippen MR) is 166 cm³/mol. The summed E-state index contributed by atoms with van der Waals surface area (Å²) in [6.45, 7) is 4.23. The maximum Gasteiger partial charge on any atom is 0.218 e. The Morgan fingerprint density at radius 2 is 0.925 bits per heavy atom. The van der Waals surface area contributed by atoms with Gasteiger partial charge in [-0.2, -0.15) is 0 Å². The van der Waals surface area contributed by atoms with E-state index in [0.717, 1.165) is 44.8 Å². The molecule has 0 aliphatic rings. The molecule has 40 heavy (non-hydrogen) atoms. The molecule has 0 aliphatic heterocycles. The van der Waals surface area contributed by atoms with Crippen LogP contribution in [0.3, 0.4) is 0 Å². The summed E-state index contributed by atoms with van der Waals surface area (Å²) in [6.07, 6.45) is 0. The predicted octanol–water partition coefficient (Wildman–Crippen LogP) is 8.05. The van der Waals surface area contributed by atoms with E-state index in [1.54, 1.807) is 14.2 Å². The number of rotatable bonds is 9. The van der Waals surface area contributed by atoms with Crippen molar-refractivity contribution in [1.82, 2.24) is 19.8 Å². The van der Waals surface area contributed by atoms with Crippen molar-refractivity contribution in [2.75, 3.05) is 42.4 Å². The number of hydrogen-bond acceptors (Lipinski definition) is 6. The summed E-state index contributed by atoms with van der Waals surface area (Å²) in [7, 11) is 11.4. The molecule has 0 amide bonds. The van der Waals surface area contributed by atoms with Crippen LogP contribution in [0.15, 0.2) is 60.7 Å². The summed E-state index contributed by atoms with van der Waals surface area (Å²) in [5.74, 6) is 1.15. The van der Waals surface area contributed by atoms with Crippen molar-refractivity contribution < 1.29 is 9.47 Å². The fourth-order valence-electron chi connectivity index (χ4n) is 4.60. The first-order valence-electron chi connectivity index (χ1n) is 13.1. The van der Waals surface area contributed by atoms with E-state index in [9.17, 15) is 0 Å². The third kappa shape index (κ3) is 5.81. The Kier molecular flexibility index (Phi) is 9.37. The van der Waals surface area contributed by atoms with Crippen LogP contribution in [-0.2, 0) is 0 Å². The molecule has 0 spiro atoms. The molecule has 0 bridgehead atoms. The first kappa shape index (κ1) is 29.8. The minimum absolute atomic E-state index is 0.146. The van der Waals surface area contributed by atoms with E-state index >= 15 is 0 Å². The van der Waals surface area contributed by atoms with Gasteiger partial charge in [-0.15, -0.1) is 0 Å². The zero-order chi connectivity index (χ0) is 29.1. The second-order valence-corrected chi connectivity index (χ2v) is 11.0. The van der Waals surface area contributed by atoms with Crippen LogP contribution in [0, 0.1) is 0 Å². The van der Waals surface area contributed by atoms with E-state index in [4.69, 9.17) is 42.6 Å². The van der Waals surface area contributed by atoms with Gasteiger partial charge < -0.3 is 19.3 Å². The normalized spacial score (nSPS) is 13.0. The van der Waals surface area contributed by atoms with Crippen LogP contribution in [-0.4, -0.2) is 62.2 Å². The van der Waals surface area contributed by atoms with E-state index in [2.05, 4.69) is 23.6 Å². The molecule has 0 fully saturated rings. The van der Waals surface area contributed by atoms with Crippen LogP contribution in [0.1, 0.15) is 37.1 Å². The van der Waals surface area contributed by atoms with Gasteiger partial charge in [-0.05, 0) is 66.3 Å². The van der Waals surface area contributed by atoms with Gasteiger partial charge in [0, 0.05) is 45.5 Å². The van der Waals surface area contributed by atoms with Gasteiger partial charge in [-0.1, -0.05) is 59.6 Å². The van der Waals surface area contributed by atoms with Gasteiger partial charge in [-0.3, -0.25) is 0 Å². The first-order valence-corrected chi connectivity index (χ1v) is 13.8. The maximum atomic E-state index is 7.04. The van der Waals surface area contributed by atoms with E-state index < -0.39 is 0 Å². The fourth-order valence-corrected chi connectivity index (χ4v) is 5.25. The quantitative estimate of drug-likeness (QED) is 0.200. The van der Waals surface area contributed by atoms with Gasteiger partial charge in [0.1, 0.15) is 0 Å². The van der Waals surface area contributed by atoms with Gasteiger partial charge in [0.2, 0.25) is 11.8 Å². The third-order valence-corrected chi connectivity index (χ3v) is 8.27. The summed E-state index contributed by atoms with van der Waals surface area (Å²) >= 11 is 14.1. The Bertz CT molecular complexity index is 1390. The Balaban J connectivity index is 1.78. The molecule has 8 heteroatoms. The topological polar surface area (TPSA) is 50.7 Å². The molecular weight excluding hydrogens is 543 g/mol. The Morgan fingerprint density at radius 3 is 1.25 bits per heavy atom. The third-order valence-electron chi connectivity index (χ3n) is 7.46. The highest BCUT2D eigenvalue weighted by Crippen LogP contribution is 2.43. The molecule has 0 N–H and O–H groups in total. The minimum Gasteiger partial charge on any atom is -0.481 e. The van der Waals surface area contributed by atoms with E-state index in [1.165, 1.54) is 0 Å². The summed E-state index contributed by atoms with van der Waals surface area (Å²) < 4.78 is 11.3. The zero-order valence-electron chi connectivity index (χ0n) is 24.3. The highest BCUT2D eigenvalue weighted by molar-refractivity contribution is 6.39. The number of benzene rings is 2. The summed E-state index contributed by atoms with van der Waals surface area (Å²) in [5, 5.41) is 1.12. The van der Waals surface area contributed by atoms with Crippen LogP contribution >= 0.6 is 23.2 Å². The number of nitrogens with zero attached hydrogens (tertiary/aromatic N) is 4. The summed E-state index contributed by atoms with van der Waals surface area (Å²) in [4.78, 5) is 13.8. The Morgan fingerprint density at radius 1 is 0.575 bits per heavy atom. The first-order chi connectivity index (χ1) is 19.1. The number of aromatic nitrogens is 2. The SMILES string of the molecule is COc1nc(-c2cccc(-c3cccc(-c4ccc([C@H](C)N(C)C)c(OC)n4)c3Cl)c2Cl)ccc1[C@H](C)N(C)C. The average Bonchev–Trinajstić information content (AvgIpc) is 2.96. The van der Waals surface area contributed by atoms with Gasteiger partial charge in [0.15, 0.2) is 0 Å². The molecule has 0 unspecified atom stereocenters. The summed E-state index contributed by atoms with van der Waals surface area (Å²) in [6, 6.07) is 20.1. The molecule has 2 atom stereocenters. The van der Waals surface area contributed by atoms with Crippen molar-refractivity contribution in [3.05, 3.63) is 81.8 Å². The molecule has 2 heterocycles. The number of halogens is 2. The lowest BCUT2D eigenvalue weighted by molar-refractivity contribution is 0.304. The van der Waals surface area contributed by atoms with Crippen molar-refractivity contribution in [2.45, 2.75) is 25.9 Å². The lowest BCUT2D eigenvalue weighted by Gasteiger charge is -2.22. The molecule has 0 saturated heterocycles. The lowest BCUT2D eigenvalue weighted by atomic mass is 9.97. The monoisotopic (exact) mass is 578 g/mol. The minimum atomic E-state index is 0.146. The van der Waals surface area contributed by atoms with Crippen LogP contribution in [0.25, 0.3) is 33.6 Å². The Labute approximate surface area is 247 Å². The number of hydrogen-bond donors (Lipinski definition) is 0. The van der Waals surface area contributed by atoms with Gasteiger partial charge in [-0.25, -0.2) is 9.97 Å². The van der Waals surface area contributed by atoms with Crippen LogP contribution in [0.4, 0.5) is 0 Å².